The highest BCUT2D eigenvalue weighted by atomic mass is 19.1. The number of nitrogens with one attached hydrogen (secondary N) is 3. The summed E-state index contributed by atoms with van der Waals surface area (Å²) >= 11 is 0. The molecule has 5 amide bonds. The summed E-state index contributed by atoms with van der Waals surface area (Å²) in [5.41, 5.74) is 5.69. The molecule has 12 nitrogen and oxygen atoms in total. The van der Waals surface area contributed by atoms with Crippen LogP contribution in [-0.2, 0) is 16.1 Å². The first kappa shape index (κ1) is 31.7. The van der Waals surface area contributed by atoms with Gasteiger partial charge in [-0.15, -0.1) is 0 Å². The van der Waals surface area contributed by atoms with E-state index in [9.17, 15) is 23.6 Å². The van der Waals surface area contributed by atoms with Crippen molar-refractivity contribution in [2.45, 2.75) is 57.0 Å². The highest BCUT2D eigenvalue weighted by Crippen LogP contribution is 2.32. The van der Waals surface area contributed by atoms with Gasteiger partial charge in [-0.25, -0.2) is 14.0 Å². The number of nitrogens with two attached hydrogens (primary N) is 1. The quantitative estimate of drug-likeness (QED) is 0.271. The van der Waals surface area contributed by atoms with Gasteiger partial charge in [0.2, 0.25) is 5.54 Å². The number of alkyl carbamates (subject to hydrolysis) is 1. The summed E-state index contributed by atoms with van der Waals surface area (Å²) < 4.78 is 25.2. The number of nitrogens with zero attached hydrogens (tertiary/aromatic N) is 2. The Bertz CT molecular complexity index is 1580. The van der Waals surface area contributed by atoms with E-state index >= 15 is 0 Å². The van der Waals surface area contributed by atoms with Gasteiger partial charge in [-0.1, -0.05) is 30.0 Å². The molecule has 3 aliphatic rings. The first-order valence-corrected chi connectivity index (χ1v) is 14.7. The molecule has 2 aromatic rings. The summed E-state index contributed by atoms with van der Waals surface area (Å²) in [6.45, 7) is 6.94. The second kappa shape index (κ2) is 12.4. The molecular weight excluding hydrogens is 583 g/mol. The predicted molar refractivity (Wildman–Crippen MR) is 162 cm³/mol. The van der Waals surface area contributed by atoms with Gasteiger partial charge in [-0.05, 0) is 56.5 Å². The van der Waals surface area contributed by atoms with Crippen molar-refractivity contribution in [1.29, 1.82) is 0 Å². The summed E-state index contributed by atoms with van der Waals surface area (Å²) in [6.07, 6.45) is 0.317. The fraction of sp³-hybridized carbons (Fsp3) is 0.438. The Morgan fingerprint density at radius 1 is 1.20 bits per heavy atom. The molecule has 45 heavy (non-hydrogen) atoms. The second-order valence-corrected chi connectivity index (χ2v) is 12.3. The first-order valence-electron chi connectivity index (χ1n) is 14.7. The van der Waals surface area contributed by atoms with Crippen LogP contribution in [0.15, 0.2) is 36.4 Å². The molecule has 3 unspecified atom stereocenters. The Hall–Kier alpha value is -4.67. The number of rotatable bonds is 7. The molecule has 0 aromatic heterocycles. The summed E-state index contributed by atoms with van der Waals surface area (Å²) in [5.74, 6) is 3.65. The molecule has 0 saturated carbocycles. The molecule has 3 atom stereocenters. The molecule has 2 fully saturated rings. The van der Waals surface area contributed by atoms with E-state index in [0.717, 1.165) is 18.5 Å². The number of benzene rings is 2. The van der Waals surface area contributed by atoms with Crippen LogP contribution in [0, 0.1) is 17.7 Å². The standard InChI is InChI=1S/C32H37FN6O6/c1-31(2,3)45-30(43)35-22-12-14-38(17-22)23(15-34)20-7-5-19(6-8-20)11-13-32(28(41)36-29(42)37-32)18-39-16-21-9-10-24(44-4)26(33)25(21)27(39)40/h5-10,22-23H,12,14-18,34H2,1-4H3,(H,35,43)(H2,36,37,41,42). The molecule has 0 bridgehead atoms. The molecule has 0 radical (unpaired) electrons. The number of fused-ring (bicyclic) bond motifs is 1. The smallest absolute Gasteiger partial charge is 0.407 e. The number of methoxy groups -OCH3 is 1. The van der Waals surface area contributed by atoms with Gasteiger partial charge in [-0.3, -0.25) is 19.8 Å². The number of halogens is 1. The molecule has 5 rings (SSSR count). The van der Waals surface area contributed by atoms with E-state index in [1.807, 2.05) is 32.9 Å². The molecule has 238 valence electrons. The summed E-state index contributed by atoms with van der Waals surface area (Å²) in [6, 6.07) is 9.51. The van der Waals surface area contributed by atoms with Crippen molar-refractivity contribution in [2.75, 3.05) is 33.3 Å². The van der Waals surface area contributed by atoms with Gasteiger partial charge in [-0.2, -0.15) is 0 Å². The summed E-state index contributed by atoms with van der Waals surface area (Å²) in [4.78, 5) is 54.0. The van der Waals surface area contributed by atoms with Gasteiger partial charge in [0.15, 0.2) is 11.6 Å². The lowest BCUT2D eigenvalue weighted by molar-refractivity contribution is -0.122. The number of urea groups is 1. The van der Waals surface area contributed by atoms with Crippen molar-refractivity contribution in [3.8, 4) is 17.6 Å². The fourth-order valence-electron chi connectivity index (χ4n) is 5.82. The van der Waals surface area contributed by atoms with Crippen LogP contribution in [-0.4, -0.2) is 84.2 Å². The predicted octanol–water partition coefficient (Wildman–Crippen LogP) is 2.02. The summed E-state index contributed by atoms with van der Waals surface area (Å²) in [5, 5.41) is 7.68. The number of amides is 5. The number of likely N-dealkylation sites (tertiary alicyclic amines) is 1. The monoisotopic (exact) mass is 620 g/mol. The molecule has 5 N–H and O–H groups in total. The van der Waals surface area contributed by atoms with E-state index in [-0.39, 0.29) is 36.5 Å². The lowest BCUT2D eigenvalue weighted by atomic mass is 9.98. The van der Waals surface area contributed by atoms with Crippen LogP contribution in [0.1, 0.15) is 60.3 Å². The zero-order chi connectivity index (χ0) is 32.5. The van der Waals surface area contributed by atoms with Gasteiger partial charge >= 0.3 is 12.1 Å². The second-order valence-electron chi connectivity index (χ2n) is 12.3. The molecule has 3 aliphatic heterocycles. The molecule has 0 aliphatic carbocycles. The van der Waals surface area contributed by atoms with Crippen molar-refractivity contribution in [2.24, 2.45) is 5.73 Å². The van der Waals surface area contributed by atoms with Crippen LogP contribution >= 0.6 is 0 Å². The molecular formula is C32H37FN6O6. The highest BCUT2D eigenvalue weighted by Gasteiger charge is 2.49. The van der Waals surface area contributed by atoms with Crippen LogP contribution in [0.3, 0.4) is 0 Å². The Morgan fingerprint density at radius 2 is 1.93 bits per heavy atom. The number of hydrogen-bond donors (Lipinski definition) is 4. The van der Waals surface area contributed by atoms with E-state index in [1.165, 1.54) is 18.1 Å². The van der Waals surface area contributed by atoms with Crippen LogP contribution < -0.4 is 26.4 Å². The van der Waals surface area contributed by atoms with Crippen molar-refractivity contribution < 1.29 is 33.0 Å². The lowest BCUT2D eigenvalue weighted by Gasteiger charge is -2.27. The third-order valence-corrected chi connectivity index (χ3v) is 7.96. The topological polar surface area (TPSA) is 155 Å². The molecule has 3 heterocycles. The van der Waals surface area contributed by atoms with Crippen LogP contribution in [0.2, 0.25) is 0 Å². The third-order valence-electron chi connectivity index (χ3n) is 7.96. The molecule has 13 heteroatoms. The molecule has 2 saturated heterocycles. The molecule has 0 spiro atoms. The lowest BCUT2D eigenvalue weighted by Crippen LogP contribution is -2.54. The van der Waals surface area contributed by atoms with Gasteiger partial charge in [0.05, 0.1) is 19.2 Å². The van der Waals surface area contributed by atoms with E-state index in [2.05, 4.69) is 32.7 Å². The number of imide groups is 1. The highest BCUT2D eigenvalue weighted by molar-refractivity contribution is 6.10. The zero-order valence-electron chi connectivity index (χ0n) is 25.7. The average molecular weight is 621 g/mol. The van der Waals surface area contributed by atoms with Crippen molar-refractivity contribution >= 4 is 23.9 Å². The number of carbonyl (C=O) groups excluding carboxylic acids is 4. The van der Waals surface area contributed by atoms with Gasteiger partial charge in [0, 0.05) is 43.8 Å². The molecule has 2 aromatic carbocycles. The normalized spacial score (nSPS) is 21.9. The van der Waals surface area contributed by atoms with Crippen LogP contribution in [0.5, 0.6) is 5.75 Å². The number of hydrogen-bond acceptors (Lipinski definition) is 8. The van der Waals surface area contributed by atoms with Gasteiger partial charge in [0.1, 0.15) is 5.60 Å². The van der Waals surface area contributed by atoms with E-state index in [4.69, 9.17) is 15.2 Å². The van der Waals surface area contributed by atoms with Crippen molar-refractivity contribution in [3.63, 3.8) is 0 Å². The average Bonchev–Trinajstić information content (AvgIpc) is 3.63. The minimum atomic E-state index is -1.74. The fourth-order valence-corrected chi connectivity index (χ4v) is 5.82. The minimum absolute atomic E-state index is 0.0431. The van der Waals surface area contributed by atoms with Crippen LogP contribution in [0.4, 0.5) is 14.0 Å². The first-order chi connectivity index (χ1) is 21.3. The Morgan fingerprint density at radius 3 is 2.56 bits per heavy atom. The Kier molecular flexibility index (Phi) is 8.73. The van der Waals surface area contributed by atoms with Crippen LogP contribution in [0.25, 0.3) is 0 Å². The van der Waals surface area contributed by atoms with Gasteiger partial charge in [0.25, 0.3) is 11.8 Å². The van der Waals surface area contributed by atoms with Crippen molar-refractivity contribution in [3.05, 3.63) is 64.5 Å². The van der Waals surface area contributed by atoms with Crippen molar-refractivity contribution in [1.82, 2.24) is 25.8 Å². The zero-order valence-corrected chi connectivity index (χ0v) is 25.7. The SMILES string of the molecule is COc1ccc2c(c1F)C(=O)N(CC1(C#Cc3ccc(C(CN)N4CCC(NC(=O)OC(C)(C)C)C4)cc3)NC(=O)NC1=O)C2. The maximum Gasteiger partial charge on any atom is 0.407 e. The Balaban J connectivity index is 1.29. The van der Waals surface area contributed by atoms with E-state index in [1.54, 1.807) is 18.2 Å². The van der Waals surface area contributed by atoms with E-state index in [0.29, 0.717) is 24.2 Å². The Labute approximate surface area is 260 Å². The minimum Gasteiger partial charge on any atom is -0.494 e. The largest absolute Gasteiger partial charge is 0.494 e. The number of carbonyl (C=O) groups is 4. The number of ether oxygens (including phenoxy) is 2. The maximum absolute atomic E-state index is 14.9. The summed E-state index contributed by atoms with van der Waals surface area (Å²) in [7, 11) is 1.31. The van der Waals surface area contributed by atoms with Gasteiger partial charge < -0.3 is 30.7 Å². The third kappa shape index (κ3) is 6.72. The maximum atomic E-state index is 14.9. The van der Waals surface area contributed by atoms with E-state index < -0.39 is 40.9 Å².